The van der Waals surface area contributed by atoms with E-state index in [2.05, 4.69) is 5.32 Å². The highest BCUT2D eigenvalue weighted by Crippen LogP contribution is 2.23. The number of carbonyl (C=O) groups is 1. The Labute approximate surface area is 124 Å². The Hall–Kier alpha value is -1.44. The van der Waals surface area contributed by atoms with Gasteiger partial charge in [0.25, 0.3) is 0 Å². The highest BCUT2D eigenvalue weighted by atomic mass is 32.2. The molecule has 1 fully saturated rings. The van der Waals surface area contributed by atoms with Gasteiger partial charge in [-0.2, -0.15) is 0 Å². The molecule has 1 amide bonds. The van der Waals surface area contributed by atoms with Crippen LogP contribution in [0.4, 0.5) is 0 Å². The number of hydrogen-bond donors (Lipinski definition) is 3. The van der Waals surface area contributed by atoms with E-state index in [4.69, 9.17) is 10.9 Å². The molecule has 0 unspecified atom stereocenters. The standard InChI is InChI=1S/C14H21N3O3S/c15-12-6-4-11(5-7-12)14(18)17-9-10-2-1-3-13(8-10)21(16,19)20/h1-3,8,11-12H,4-7,9,15H2,(H,17,18)(H2,16,19,20). The summed E-state index contributed by atoms with van der Waals surface area (Å²) in [5.41, 5.74) is 6.53. The van der Waals surface area contributed by atoms with Crippen molar-refractivity contribution in [2.24, 2.45) is 16.8 Å². The number of nitrogens with one attached hydrogen (secondary N) is 1. The van der Waals surface area contributed by atoms with E-state index in [0.29, 0.717) is 12.1 Å². The monoisotopic (exact) mass is 311 g/mol. The first kappa shape index (κ1) is 15.9. The number of benzene rings is 1. The van der Waals surface area contributed by atoms with Crippen LogP contribution in [0.1, 0.15) is 31.2 Å². The van der Waals surface area contributed by atoms with Gasteiger partial charge in [0.15, 0.2) is 0 Å². The molecule has 5 N–H and O–H groups in total. The van der Waals surface area contributed by atoms with Gasteiger partial charge in [0.1, 0.15) is 0 Å². The molecule has 0 atom stereocenters. The average Bonchev–Trinajstić information content (AvgIpc) is 2.45. The molecule has 7 heteroatoms. The Bertz CT molecular complexity index is 608. The zero-order valence-corrected chi connectivity index (χ0v) is 12.6. The summed E-state index contributed by atoms with van der Waals surface area (Å²) in [6, 6.07) is 6.49. The van der Waals surface area contributed by atoms with Crippen molar-refractivity contribution >= 4 is 15.9 Å². The van der Waals surface area contributed by atoms with Crippen LogP contribution in [0.3, 0.4) is 0 Å². The summed E-state index contributed by atoms with van der Waals surface area (Å²) in [6.07, 6.45) is 3.37. The molecule has 1 saturated carbocycles. The smallest absolute Gasteiger partial charge is 0.238 e. The molecule has 1 aromatic rings. The van der Waals surface area contributed by atoms with Crippen LogP contribution >= 0.6 is 0 Å². The number of primary sulfonamides is 1. The van der Waals surface area contributed by atoms with Crippen molar-refractivity contribution in [3.63, 3.8) is 0 Å². The lowest BCUT2D eigenvalue weighted by atomic mass is 9.86. The first-order valence-corrected chi connectivity index (χ1v) is 8.56. The first-order valence-electron chi connectivity index (χ1n) is 7.01. The Kier molecular flexibility index (Phi) is 4.97. The molecule has 1 aliphatic carbocycles. The number of rotatable bonds is 4. The molecule has 0 heterocycles. The van der Waals surface area contributed by atoms with Gasteiger partial charge >= 0.3 is 0 Å². The predicted octanol–water partition coefficient (Wildman–Crippen LogP) is 0.468. The fourth-order valence-corrected chi connectivity index (χ4v) is 3.13. The summed E-state index contributed by atoms with van der Waals surface area (Å²) in [5.74, 6) is 0.00846. The van der Waals surface area contributed by atoms with Crippen LogP contribution in [0.2, 0.25) is 0 Å². The summed E-state index contributed by atoms with van der Waals surface area (Å²) < 4.78 is 22.6. The maximum atomic E-state index is 12.1. The minimum Gasteiger partial charge on any atom is -0.352 e. The van der Waals surface area contributed by atoms with Crippen LogP contribution in [-0.2, 0) is 21.4 Å². The Morgan fingerprint density at radius 3 is 2.52 bits per heavy atom. The molecule has 0 saturated heterocycles. The molecule has 2 rings (SSSR count). The van der Waals surface area contributed by atoms with Crippen LogP contribution in [0.25, 0.3) is 0 Å². The van der Waals surface area contributed by atoms with Crippen LogP contribution in [-0.4, -0.2) is 20.4 Å². The largest absolute Gasteiger partial charge is 0.352 e. The predicted molar refractivity (Wildman–Crippen MR) is 79.6 cm³/mol. The van der Waals surface area contributed by atoms with Gasteiger partial charge in [-0.1, -0.05) is 12.1 Å². The van der Waals surface area contributed by atoms with Crippen molar-refractivity contribution in [3.05, 3.63) is 29.8 Å². The van der Waals surface area contributed by atoms with Crippen molar-refractivity contribution in [1.29, 1.82) is 0 Å². The van der Waals surface area contributed by atoms with Crippen molar-refractivity contribution < 1.29 is 13.2 Å². The minimum atomic E-state index is -3.72. The number of hydrogen-bond acceptors (Lipinski definition) is 4. The normalized spacial score (nSPS) is 22.8. The SMILES string of the molecule is NC1CCC(C(=O)NCc2cccc(S(N)(=O)=O)c2)CC1. The molecular formula is C14H21N3O3S. The first-order chi connectivity index (χ1) is 9.86. The van der Waals surface area contributed by atoms with Gasteiger partial charge in [0.2, 0.25) is 15.9 Å². The van der Waals surface area contributed by atoms with E-state index in [1.807, 2.05) is 0 Å². The van der Waals surface area contributed by atoms with Crippen LogP contribution in [0.5, 0.6) is 0 Å². The van der Waals surface area contributed by atoms with E-state index in [1.54, 1.807) is 12.1 Å². The summed E-state index contributed by atoms with van der Waals surface area (Å²) in [6.45, 7) is 0.296. The number of nitrogens with two attached hydrogens (primary N) is 2. The Morgan fingerprint density at radius 2 is 1.90 bits per heavy atom. The van der Waals surface area contributed by atoms with Gasteiger partial charge in [-0.25, -0.2) is 13.6 Å². The van der Waals surface area contributed by atoms with Gasteiger partial charge in [-0.05, 0) is 43.4 Å². The summed E-state index contributed by atoms with van der Waals surface area (Å²) in [5, 5.41) is 7.93. The fourth-order valence-electron chi connectivity index (χ4n) is 2.55. The van der Waals surface area contributed by atoms with Crippen molar-refractivity contribution in [3.8, 4) is 0 Å². The van der Waals surface area contributed by atoms with Gasteiger partial charge in [0, 0.05) is 18.5 Å². The highest BCUT2D eigenvalue weighted by molar-refractivity contribution is 7.89. The van der Waals surface area contributed by atoms with Crippen LogP contribution in [0, 0.1) is 5.92 Å². The van der Waals surface area contributed by atoms with Crippen LogP contribution < -0.4 is 16.2 Å². The van der Waals surface area contributed by atoms with Gasteiger partial charge in [-0.3, -0.25) is 4.79 Å². The molecule has 0 bridgehead atoms. The lowest BCUT2D eigenvalue weighted by Gasteiger charge is -2.25. The van der Waals surface area contributed by atoms with Gasteiger partial charge in [0.05, 0.1) is 4.90 Å². The van der Waals surface area contributed by atoms with Gasteiger partial charge in [-0.15, -0.1) is 0 Å². The third kappa shape index (κ3) is 4.52. The second-order valence-corrected chi connectivity index (χ2v) is 7.08. The van der Waals surface area contributed by atoms with Crippen LogP contribution in [0.15, 0.2) is 29.2 Å². The summed E-state index contributed by atoms with van der Waals surface area (Å²) >= 11 is 0. The Morgan fingerprint density at radius 1 is 1.24 bits per heavy atom. The molecule has 0 radical (unpaired) electrons. The van der Waals surface area contributed by atoms with Gasteiger partial charge < -0.3 is 11.1 Å². The zero-order chi connectivity index (χ0) is 15.5. The molecule has 0 aliphatic heterocycles. The maximum Gasteiger partial charge on any atom is 0.238 e. The quantitative estimate of drug-likeness (QED) is 0.749. The molecule has 116 valence electrons. The van der Waals surface area contributed by atoms with Crippen molar-refractivity contribution in [2.75, 3.05) is 0 Å². The molecule has 1 aliphatic rings. The summed E-state index contributed by atoms with van der Waals surface area (Å²) in [4.78, 5) is 12.1. The average molecular weight is 311 g/mol. The summed E-state index contributed by atoms with van der Waals surface area (Å²) in [7, 11) is -3.72. The highest BCUT2D eigenvalue weighted by Gasteiger charge is 2.24. The van der Waals surface area contributed by atoms with E-state index in [9.17, 15) is 13.2 Å². The third-order valence-electron chi connectivity index (χ3n) is 3.84. The third-order valence-corrected chi connectivity index (χ3v) is 4.75. The van der Waals surface area contributed by atoms with Crippen molar-refractivity contribution in [1.82, 2.24) is 5.32 Å². The second kappa shape index (κ2) is 6.55. The van der Waals surface area contributed by atoms with E-state index in [1.165, 1.54) is 12.1 Å². The maximum absolute atomic E-state index is 12.1. The molecular weight excluding hydrogens is 290 g/mol. The van der Waals surface area contributed by atoms with E-state index >= 15 is 0 Å². The lowest BCUT2D eigenvalue weighted by molar-refractivity contribution is -0.126. The number of sulfonamides is 1. The fraction of sp³-hybridized carbons (Fsp3) is 0.500. The van der Waals surface area contributed by atoms with E-state index in [-0.39, 0.29) is 22.8 Å². The van der Waals surface area contributed by atoms with E-state index < -0.39 is 10.0 Å². The lowest BCUT2D eigenvalue weighted by Crippen LogP contribution is -2.35. The molecule has 0 spiro atoms. The topological polar surface area (TPSA) is 115 Å². The molecule has 1 aromatic carbocycles. The molecule has 0 aromatic heterocycles. The Balaban J connectivity index is 1.92. The molecule has 6 nitrogen and oxygen atoms in total. The molecule has 21 heavy (non-hydrogen) atoms. The number of amides is 1. The van der Waals surface area contributed by atoms with Crippen molar-refractivity contribution in [2.45, 2.75) is 43.2 Å². The minimum absolute atomic E-state index is 0.00269. The van der Waals surface area contributed by atoms with E-state index in [0.717, 1.165) is 25.7 Å². The zero-order valence-electron chi connectivity index (χ0n) is 11.8. The number of carbonyl (C=O) groups excluding carboxylic acids is 1. The second-order valence-electron chi connectivity index (χ2n) is 5.52.